The Hall–Kier alpha value is -6.06. The van der Waals surface area contributed by atoms with Gasteiger partial charge in [0.1, 0.15) is 0 Å². The summed E-state index contributed by atoms with van der Waals surface area (Å²) in [6, 6.07) is 67.2. The third-order valence-electron chi connectivity index (χ3n) is 10.7. The summed E-state index contributed by atoms with van der Waals surface area (Å²) in [7, 11) is 0. The highest BCUT2D eigenvalue weighted by Crippen LogP contribution is 2.46. The van der Waals surface area contributed by atoms with Crippen molar-refractivity contribution in [3.05, 3.63) is 182 Å². The molecule has 2 heterocycles. The van der Waals surface area contributed by atoms with E-state index in [0.717, 1.165) is 0 Å². The molecule has 0 aliphatic carbocycles. The molecule has 0 radical (unpaired) electrons. The minimum Gasteiger partial charge on any atom is -0.134 e. The molecule has 0 N–H and O–H groups in total. The summed E-state index contributed by atoms with van der Waals surface area (Å²) in [6.07, 6.45) is 0. The molecule has 11 aromatic rings. The highest BCUT2D eigenvalue weighted by atomic mass is 32.1. The highest BCUT2D eigenvalue weighted by Gasteiger charge is 2.14. The molecule has 0 spiro atoms. The van der Waals surface area contributed by atoms with E-state index < -0.39 is 0 Å². The second-order valence-corrected chi connectivity index (χ2v) is 15.8. The van der Waals surface area contributed by atoms with Gasteiger partial charge in [-0.1, -0.05) is 152 Å². The number of thiophene rings is 2. The molecule has 0 aliphatic rings. The van der Waals surface area contributed by atoms with Crippen LogP contribution in [-0.4, -0.2) is 0 Å². The van der Waals surface area contributed by atoms with Crippen LogP contribution < -0.4 is 0 Å². The molecule has 0 amide bonds. The van der Waals surface area contributed by atoms with Crippen LogP contribution in [0.5, 0.6) is 0 Å². The van der Waals surface area contributed by atoms with Crippen molar-refractivity contribution < 1.29 is 0 Å². The number of rotatable bonds is 4. The SMILES string of the molecule is c1ccc2cc3c(cc2c1)sc1c2cc4ccc(-c5ccc(-c6ccc(-c7ccc(-c8cccc9ccccc89)cc7)cc6)cc5)cc4cc2sc31. The first-order chi connectivity index (χ1) is 25.7. The van der Waals surface area contributed by atoms with E-state index in [1.54, 1.807) is 0 Å². The molecule has 11 rings (SSSR count). The third kappa shape index (κ3) is 4.87. The lowest BCUT2D eigenvalue weighted by atomic mass is 9.95. The van der Waals surface area contributed by atoms with Gasteiger partial charge in [-0.3, -0.25) is 0 Å². The van der Waals surface area contributed by atoms with Crippen LogP contribution >= 0.6 is 22.7 Å². The fraction of sp³-hybridized carbons (Fsp3) is 0. The van der Waals surface area contributed by atoms with Crippen LogP contribution in [0.1, 0.15) is 0 Å². The molecular weight excluding hydrogens is 665 g/mol. The van der Waals surface area contributed by atoms with E-state index in [1.165, 1.54) is 106 Å². The van der Waals surface area contributed by atoms with Gasteiger partial charge >= 0.3 is 0 Å². The van der Waals surface area contributed by atoms with E-state index in [0.29, 0.717) is 0 Å². The smallest absolute Gasteiger partial charge is 0.0542 e. The van der Waals surface area contributed by atoms with Crippen LogP contribution in [0.15, 0.2) is 182 Å². The molecule has 0 bridgehead atoms. The zero-order chi connectivity index (χ0) is 34.2. The zero-order valence-electron chi connectivity index (χ0n) is 28.1. The van der Waals surface area contributed by atoms with Crippen molar-refractivity contribution >= 4 is 84.6 Å². The predicted molar refractivity (Wildman–Crippen MR) is 229 cm³/mol. The maximum Gasteiger partial charge on any atom is 0.0542 e. The second-order valence-electron chi connectivity index (χ2n) is 13.7. The van der Waals surface area contributed by atoms with Crippen LogP contribution in [0.3, 0.4) is 0 Å². The summed E-state index contributed by atoms with van der Waals surface area (Å²) in [6.45, 7) is 0. The Bertz CT molecular complexity index is 3140. The third-order valence-corrected chi connectivity index (χ3v) is 13.2. The van der Waals surface area contributed by atoms with Gasteiger partial charge in [0.25, 0.3) is 0 Å². The summed E-state index contributed by atoms with van der Waals surface area (Å²) in [5, 5.41) is 10.5. The lowest BCUT2D eigenvalue weighted by molar-refractivity contribution is 1.58. The van der Waals surface area contributed by atoms with E-state index >= 15 is 0 Å². The van der Waals surface area contributed by atoms with E-state index in [9.17, 15) is 0 Å². The van der Waals surface area contributed by atoms with Gasteiger partial charge in [-0.05, 0) is 107 Å². The van der Waals surface area contributed by atoms with Gasteiger partial charge in [0, 0.05) is 20.2 Å². The van der Waals surface area contributed by atoms with E-state index in [4.69, 9.17) is 0 Å². The molecule has 0 saturated carbocycles. The van der Waals surface area contributed by atoms with Crippen LogP contribution in [-0.2, 0) is 0 Å². The number of hydrogen-bond donors (Lipinski definition) is 0. The predicted octanol–water partition coefficient (Wildman–Crippen LogP) is 15.4. The Morgan fingerprint density at radius 1 is 0.250 bits per heavy atom. The molecule has 52 heavy (non-hydrogen) atoms. The molecule has 2 aromatic heterocycles. The molecular formula is C50H30S2. The van der Waals surface area contributed by atoms with Gasteiger partial charge in [0.2, 0.25) is 0 Å². The van der Waals surface area contributed by atoms with Crippen molar-refractivity contribution in [3.63, 3.8) is 0 Å². The van der Waals surface area contributed by atoms with Crippen LogP contribution in [0, 0.1) is 0 Å². The minimum absolute atomic E-state index is 1.22. The van der Waals surface area contributed by atoms with Gasteiger partial charge in [-0.25, -0.2) is 0 Å². The van der Waals surface area contributed by atoms with E-state index in [2.05, 4.69) is 182 Å². The van der Waals surface area contributed by atoms with Gasteiger partial charge in [0.05, 0.1) is 9.40 Å². The Balaban J connectivity index is 0.857. The fourth-order valence-electron chi connectivity index (χ4n) is 7.90. The van der Waals surface area contributed by atoms with Crippen molar-refractivity contribution in [3.8, 4) is 44.5 Å². The van der Waals surface area contributed by atoms with Gasteiger partial charge in [0.15, 0.2) is 0 Å². The summed E-state index contributed by atoms with van der Waals surface area (Å²) in [4.78, 5) is 0. The summed E-state index contributed by atoms with van der Waals surface area (Å²) >= 11 is 3.86. The maximum absolute atomic E-state index is 2.40. The van der Waals surface area contributed by atoms with E-state index in [1.807, 2.05) is 22.7 Å². The largest absolute Gasteiger partial charge is 0.134 e. The lowest BCUT2D eigenvalue weighted by Crippen LogP contribution is -1.84. The second kappa shape index (κ2) is 11.7. The lowest BCUT2D eigenvalue weighted by Gasteiger charge is -2.10. The van der Waals surface area contributed by atoms with Crippen LogP contribution in [0.25, 0.3) is 106 Å². The molecule has 0 saturated heterocycles. The van der Waals surface area contributed by atoms with Crippen molar-refractivity contribution in [2.45, 2.75) is 0 Å². The number of benzene rings is 9. The van der Waals surface area contributed by atoms with Gasteiger partial charge in [-0.15, -0.1) is 22.7 Å². The Morgan fingerprint density at radius 3 is 1.27 bits per heavy atom. The monoisotopic (exact) mass is 694 g/mol. The molecule has 0 nitrogen and oxygen atoms in total. The molecule has 9 aromatic carbocycles. The van der Waals surface area contributed by atoms with Gasteiger partial charge in [-0.2, -0.15) is 0 Å². The van der Waals surface area contributed by atoms with Crippen LogP contribution in [0.2, 0.25) is 0 Å². The average Bonchev–Trinajstić information content (AvgIpc) is 3.74. The normalized spacial score (nSPS) is 11.8. The summed E-state index contributed by atoms with van der Waals surface area (Å²) in [5.41, 5.74) is 9.89. The fourth-order valence-corrected chi connectivity index (χ4v) is 10.6. The molecule has 0 fully saturated rings. The molecule has 0 aliphatic heterocycles. The topological polar surface area (TPSA) is 0 Å². The average molecular weight is 695 g/mol. The Morgan fingerprint density at radius 2 is 0.673 bits per heavy atom. The number of hydrogen-bond acceptors (Lipinski definition) is 2. The first kappa shape index (κ1) is 29.6. The number of fused-ring (bicyclic) bond motifs is 8. The molecule has 0 atom stereocenters. The zero-order valence-corrected chi connectivity index (χ0v) is 29.8. The minimum atomic E-state index is 1.22. The quantitative estimate of drug-likeness (QED) is 0.172. The Labute approximate surface area is 309 Å². The maximum atomic E-state index is 2.40. The van der Waals surface area contributed by atoms with E-state index in [-0.39, 0.29) is 0 Å². The molecule has 242 valence electrons. The van der Waals surface area contributed by atoms with Crippen molar-refractivity contribution in [1.82, 2.24) is 0 Å². The van der Waals surface area contributed by atoms with Crippen LogP contribution in [0.4, 0.5) is 0 Å². The van der Waals surface area contributed by atoms with Crippen molar-refractivity contribution in [2.75, 3.05) is 0 Å². The standard InChI is InChI=1S/C50H30S2/c1-2-8-39-29-47-45(27-38(39)7-1)49-50(51-47)46-28-41-25-24-40(26-42(41)30-48(46)52-49)35-18-16-33(17-19-35)31-12-14-32(15-13-31)34-20-22-37(23-21-34)44-11-5-9-36-6-3-4-10-43(36)44/h1-30H. The summed E-state index contributed by atoms with van der Waals surface area (Å²) < 4.78 is 5.56. The highest BCUT2D eigenvalue weighted by molar-refractivity contribution is 7.36. The summed E-state index contributed by atoms with van der Waals surface area (Å²) in [5.74, 6) is 0. The first-order valence-electron chi connectivity index (χ1n) is 17.7. The van der Waals surface area contributed by atoms with Crippen molar-refractivity contribution in [2.24, 2.45) is 0 Å². The van der Waals surface area contributed by atoms with Gasteiger partial charge < -0.3 is 0 Å². The molecule has 0 unspecified atom stereocenters. The Kier molecular flexibility index (Phi) is 6.70. The first-order valence-corrected chi connectivity index (χ1v) is 19.4. The molecule has 2 heteroatoms. The van der Waals surface area contributed by atoms with Crippen molar-refractivity contribution in [1.29, 1.82) is 0 Å².